The van der Waals surface area contributed by atoms with Crippen molar-refractivity contribution >= 4 is 45.1 Å². The van der Waals surface area contributed by atoms with E-state index in [1.54, 1.807) is 31.3 Å². The summed E-state index contributed by atoms with van der Waals surface area (Å²) in [7, 11) is 1.63. The minimum absolute atomic E-state index is 0.525. The van der Waals surface area contributed by atoms with Gasteiger partial charge < -0.3 is 20.1 Å². The average molecular weight is 539 g/mol. The molecule has 0 aliphatic carbocycles. The Labute approximate surface area is 231 Å². The molecule has 0 spiro atoms. The van der Waals surface area contributed by atoms with Crippen LogP contribution in [0.15, 0.2) is 82.8 Å². The smallest absolute Gasteiger partial charge is 0.241 e. The Hall–Kier alpha value is -3.95. The van der Waals surface area contributed by atoms with E-state index in [1.807, 2.05) is 48.5 Å². The molecule has 0 amide bonds. The zero-order valence-electron chi connectivity index (χ0n) is 21.8. The van der Waals surface area contributed by atoms with Crippen molar-refractivity contribution in [2.24, 2.45) is 0 Å². The number of hydrogen-bond donors (Lipinski definition) is 2. The van der Waals surface area contributed by atoms with E-state index in [0.717, 1.165) is 50.2 Å². The highest BCUT2D eigenvalue weighted by Crippen LogP contribution is 2.34. The van der Waals surface area contributed by atoms with E-state index in [1.165, 1.54) is 19.3 Å². The van der Waals surface area contributed by atoms with Gasteiger partial charge in [-0.15, -0.1) is 10.2 Å². The molecule has 5 aromatic rings. The largest absolute Gasteiger partial charge is 0.495 e. The Balaban J connectivity index is 1.15. The number of nitrogens with zero attached hydrogens (tertiary/aromatic N) is 4. The summed E-state index contributed by atoms with van der Waals surface area (Å²) in [6, 6.07) is 20.7. The van der Waals surface area contributed by atoms with Gasteiger partial charge in [-0.05, 0) is 62.2 Å². The number of ether oxygens (including phenoxy) is 2. The molecule has 1 fully saturated rings. The number of pyridine rings is 2. The third-order valence-electron chi connectivity index (χ3n) is 6.87. The Morgan fingerprint density at radius 2 is 1.87 bits per heavy atom. The van der Waals surface area contributed by atoms with Gasteiger partial charge in [0.1, 0.15) is 11.3 Å². The normalized spacial score (nSPS) is 15.4. The van der Waals surface area contributed by atoms with Gasteiger partial charge in [0.15, 0.2) is 5.82 Å². The lowest BCUT2D eigenvalue weighted by Gasteiger charge is -2.23. The monoisotopic (exact) mass is 538 g/mol. The molecule has 0 radical (unpaired) electrons. The third-order valence-corrected chi connectivity index (χ3v) is 7.92. The van der Waals surface area contributed by atoms with Gasteiger partial charge in [0.2, 0.25) is 5.88 Å². The zero-order valence-corrected chi connectivity index (χ0v) is 22.6. The summed E-state index contributed by atoms with van der Waals surface area (Å²) in [5.41, 5.74) is 2.59. The molecule has 0 saturated carbocycles. The van der Waals surface area contributed by atoms with Crippen LogP contribution < -0.4 is 20.1 Å². The molecule has 3 aromatic heterocycles. The molecule has 4 heterocycles. The molecular formula is C30H30N6O2S. The topological polar surface area (TPSA) is 94.1 Å². The van der Waals surface area contributed by atoms with Crippen molar-refractivity contribution in [3.05, 3.63) is 73.1 Å². The second-order valence-corrected chi connectivity index (χ2v) is 10.6. The summed E-state index contributed by atoms with van der Waals surface area (Å²) in [4.78, 5) is 11.1. The number of piperidine rings is 1. The number of methoxy groups -OCH3 is 1. The molecule has 2 N–H and O–H groups in total. The van der Waals surface area contributed by atoms with Crippen LogP contribution in [-0.2, 0) is 0 Å². The van der Waals surface area contributed by atoms with E-state index in [4.69, 9.17) is 9.47 Å². The van der Waals surface area contributed by atoms with Gasteiger partial charge in [0.25, 0.3) is 0 Å². The van der Waals surface area contributed by atoms with Crippen molar-refractivity contribution in [3.8, 4) is 11.6 Å². The van der Waals surface area contributed by atoms with Crippen molar-refractivity contribution < 1.29 is 9.47 Å². The number of aromatic nitrogens is 4. The summed E-state index contributed by atoms with van der Waals surface area (Å²) in [6.07, 6.45) is 8.25. The molecule has 39 heavy (non-hydrogen) atoms. The summed E-state index contributed by atoms with van der Waals surface area (Å²) in [6.45, 7) is 1.72. The minimum atomic E-state index is 0.525. The van der Waals surface area contributed by atoms with Gasteiger partial charge in [-0.1, -0.05) is 36.4 Å². The van der Waals surface area contributed by atoms with E-state index >= 15 is 0 Å². The van der Waals surface area contributed by atoms with Crippen LogP contribution >= 0.6 is 11.8 Å². The van der Waals surface area contributed by atoms with Crippen LogP contribution in [0.1, 0.15) is 25.7 Å². The summed E-state index contributed by atoms with van der Waals surface area (Å²) in [5, 5.41) is 17.8. The van der Waals surface area contributed by atoms with E-state index in [2.05, 4.69) is 42.9 Å². The highest BCUT2D eigenvalue weighted by Gasteiger charge is 2.15. The Bertz CT molecular complexity index is 1570. The number of nitrogens with one attached hydrogen (secondary N) is 2. The molecule has 0 bridgehead atoms. The predicted molar refractivity (Wildman–Crippen MR) is 155 cm³/mol. The van der Waals surface area contributed by atoms with Crippen molar-refractivity contribution in [3.63, 3.8) is 0 Å². The first kappa shape index (κ1) is 25.3. The molecule has 1 unspecified atom stereocenters. The maximum Gasteiger partial charge on any atom is 0.241 e. The van der Waals surface area contributed by atoms with Crippen molar-refractivity contribution in [2.75, 3.05) is 25.6 Å². The number of hydrogen-bond acceptors (Lipinski definition) is 9. The van der Waals surface area contributed by atoms with Gasteiger partial charge in [-0.2, -0.15) is 0 Å². The molecule has 198 valence electrons. The second-order valence-electron chi connectivity index (χ2n) is 9.49. The number of anilines is 2. The van der Waals surface area contributed by atoms with Crippen molar-refractivity contribution in [1.29, 1.82) is 0 Å². The number of fused-ring (bicyclic) bond motifs is 2. The first-order valence-electron chi connectivity index (χ1n) is 13.2. The highest BCUT2D eigenvalue weighted by atomic mass is 32.2. The Kier molecular flexibility index (Phi) is 7.69. The number of benzene rings is 2. The molecule has 1 aliphatic rings. The summed E-state index contributed by atoms with van der Waals surface area (Å²) < 4.78 is 11.4. The zero-order chi connectivity index (χ0) is 26.4. The molecule has 8 nitrogen and oxygen atoms in total. The quantitative estimate of drug-likeness (QED) is 0.221. The molecule has 2 aromatic carbocycles. The summed E-state index contributed by atoms with van der Waals surface area (Å²) in [5.74, 6) is 1.97. The van der Waals surface area contributed by atoms with Gasteiger partial charge in [-0.25, -0.2) is 4.98 Å². The lowest BCUT2D eigenvalue weighted by Crippen LogP contribution is -2.35. The Morgan fingerprint density at radius 3 is 2.69 bits per heavy atom. The average Bonchev–Trinajstić information content (AvgIpc) is 2.99. The van der Waals surface area contributed by atoms with Gasteiger partial charge in [0, 0.05) is 44.6 Å². The van der Waals surface area contributed by atoms with Crippen molar-refractivity contribution in [1.82, 2.24) is 25.5 Å². The first-order valence-corrected chi connectivity index (χ1v) is 14.0. The van der Waals surface area contributed by atoms with Crippen LogP contribution in [-0.4, -0.2) is 46.5 Å². The molecule has 9 heteroatoms. The molecule has 6 rings (SSSR count). The molecule has 1 atom stereocenters. The van der Waals surface area contributed by atoms with Crippen LogP contribution in [0, 0.1) is 0 Å². The predicted octanol–water partition coefficient (Wildman–Crippen LogP) is 6.39. The fourth-order valence-corrected chi connectivity index (χ4v) is 5.71. The first-order chi connectivity index (χ1) is 19.3. The maximum atomic E-state index is 6.08. The van der Waals surface area contributed by atoms with Gasteiger partial charge in [-0.3, -0.25) is 4.98 Å². The lowest BCUT2D eigenvalue weighted by molar-refractivity contribution is 0.261. The number of rotatable bonds is 9. The highest BCUT2D eigenvalue weighted by molar-refractivity contribution is 7.99. The second kappa shape index (κ2) is 11.8. The third kappa shape index (κ3) is 5.89. The van der Waals surface area contributed by atoms with Crippen LogP contribution in [0.2, 0.25) is 0 Å². The van der Waals surface area contributed by atoms with Crippen molar-refractivity contribution in [2.45, 2.75) is 41.5 Å². The van der Waals surface area contributed by atoms with E-state index in [-0.39, 0.29) is 0 Å². The Morgan fingerprint density at radius 1 is 1.00 bits per heavy atom. The van der Waals surface area contributed by atoms with Crippen LogP contribution in [0.25, 0.3) is 21.8 Å². The lowest BCUT2D eigenvalue weighted by atomic mass is 10.0. The van der Waals surface area contributed by atoms with E-state index in [9.17, 15) is 0 Å². The maximum absolute atomic E-state index is 6.08. The fraction of sp³-hybridized carbons (Fsp3) is 0.267. The van der Waals surface area contributed by atoms with Gasteiger partial charge >= 0.3 is 0 Å². The van der Waals surface area contributed by atoms with E-state index < -0.39 is 0 Å². The minimum Gasteiger partial charge on any atom is -0.495 e. The standard InChI is InChI=1S/C30H30N6O2S/c1-37-22-18-26-28(33-19-22)27(13-16-32-26)39-23-11-9-21(10-12-23)34-29-24-7-2-3-8-25(24)30(36-35-29)38-17-14-20-6-4-5-15-31-20/h2-3,7-13,16,18-20,31H,4-6,14-15,17H2,1H3,(H,34,35). The SMILES string of the molecule is COc1cnc2c(Sc3ccc(Nc4nnc(OCCC5CCCCN5)c5ccccc45)cc3)ccnc2c1. The summed E-state index contributed by atoms with van der Waals surface area (Å²) >= 11 is 1.65. The van der Waals surface area contributed by atoms with Gasteiger partial charge in [0.05, 0.1) is 25.4 Å². The molecular weight excluding hydrogens is 508 g/mol. The van der Waals surface area contributed by atoms with Crippen LogP contribution in [0.5, 0.6) is 11.6 Å². The molecule has 1 saturated heterocycles. The van der Waals surface area contributed by atoms with E-state index in [0.29, 0.717) is 30.1 Å². The van der Waals surface area contributed by atoms with Crippen LogP contribution in [0.4, 0.5) is 11.5 Å². The molecule has 1 aliphatic heterocycles. The fourth-order valence-electron chi connectivity index (χ4n) is 4.80. The van der Waals surface area contributed by atoms with Crippen LogP contribution in [0.3, 0.4) is 0 Å².